The Bertz CT molecular complexity index is 97.1. The van der Waals surface area contributed by atoms with Gasteiger partial charge in [-0.05, 0) is 6.42 Å². The third kappa shape index (κ3) is 2.47. The fourth-order valence-electron chi connectivity index (χ4n) is 0.720. The first kappa shape index (κ1) is 8.44. The second-order valence-electron chi connectivity index (χ2n) is 2.27. The zero-order chi connectivity index (χ0) is 7.33. The van der Waals surface area contributed by atoms with E-state index in [1.807, 2.05) is 0 Å². The molecular weight excluding hydrogens is 110 g/mol. The minimum absolute atomic E-state index is 0.339. The summed E-state index contributed by atoms with van der Waals surface area (Å²) in [6.45, 7) is 9.34. The molecule has 0 radical (unpaired) electrons. The molecule has 1 heteroatoms. The molecular formula is C8H15N. The molecule has 0 aromatic rings. The second kappa shape index (κ2) is 3.46. The Labute approximate surface area is 57.3 Å². The third-order valence-corrected chi connectivity index (χ3v) is 1.44. The number of nitrogens with two attached hydrogens (primary N) is 1. The molecule has 0 amide bonds. The summed E-state index contributed by atoms with van der Waals surface area (Å²) >= 11 is 0. The monoisotopic (exact) mass is 125 g/mol. The molecule has 0 fully saturated rings. The van der Waals surface area contributed by atoms with Crippen LogP contribution in [0.3, 0.4) is 0 Å². The molecule has 0 saturated carbocycles. The van der Waals surface area contributed by atoms with Gasteiger partial charge < -0.3 is 5.73 Å². The predicted molar refractivity (Wildman–Crippen MR) is 42.2 cm³/mol. The molecule has 9 heavy (non-hydrogen) atoms. The van der Waals surface area contributed by atoms with E-state index >= 15 is 0 Å². The van der Waals surface area contributed by atoms with Crippen molar-refractivity contribution in [3.05, 3.63) is 25.3 Å². The summed E-state index contributed by atoms with van der Waals surface area (Å²) in [6.07, 6.45) is 5.47. The molecule has 0 rings (SSSR count). The minimum Gasteiger partial charge on any atom is -0.319 e. The summed E-state index contributed by atoms with van der Waals surface area (Å²) in [6, 6.07) is 0. The van der Waals surface area contributed by atoms with Crippen molar-refractivity contribution in [3.63, 3.8) is 0 Å². The van der Waals surface area contributed by atoms with Crippen molar-refractivity contribution in [2.45, 2.75) is 25.3 Å². The number of hydrogen-bond donors (Lipinski definition) is 1. The molecule has 0 heterocycles. The first-order valence-corrected chi connectivity index (χ1v) is 3.24. The number of rotatable bonds is 4. The van der Waals surface area contributed by atoms with Gasteiger partial charge in [-0.3, -0.25) is 0 Å². The van der Waals surface area contributed by atoms with Crippen LogP contribution in [0.15, 0.2) is 25.3 Å². The predicted octanol–water partition coefficient (Wildman–Crippen LogP) is 1.86. The zero-order valence-corrected chi connectivity index (χ0v) is 6.06. The van der Waals surface area contributed by atoms with E-state index in [1.165, 1.54) is 0 Å². The highest BCUT2D eigenvalue weighted by Crippen LogP contribution is 2.10. The number of hydrogen-bond acceptors (Lipinski definition) is 1. The first-order valence-electron chi connectivity index (χ1n) is 3.24. The van der Waals surface area contributed by atoms with Crippen LogP contribution in [-0.4, -0.2) is 5.54 Å². The third-order valence-electron chi connectivity index (χ3n) is 1.44. The van der Waals surface area contributed by atoms with E-state index in [9.17, 15) is 0 Å². The molecule has 52 valence electrons. The fraction of sp³-hybridized carbons (Fsp3) is 0.500. The molecule has 0 spiro atoms. The molecule has 0 aliphatic rings. The maximum absolute atomic E-state index is 5.77. The van der Waals surface area contributed by atoms with Crippen molar-refractivity contribution < 1.29 is 0 Å². The van der Waals surface area contributed by atoms with Gasteiger partial charge in [-0.2, -0.15) is 0 Å². The highest BCUT2D eigenvalue weighted by atomic mass is 14.7. The lowest BCUT2D eigenvalue weighted by molar-refractivity contribution is 0.584. The summed E-state index contributed by atoms with van der Waals surface area (Å²) in [5, 5.41) is 0. The van der Waals surface area contributed by atoms with Crippen molar-refractivity contribution in [1.29, 1.82) is 0 Å². The smallest absolute Gasteiger partial charge is 0.0519 e. The molecule has 0 unspecified atom stereocenters. The lowest BCUT2D eigenvalue weighted by Crippen LogP contribution is -2.34. The van der Waals surface area contributed by atoms with E-state index < -0.39 is 0 Å². The highest BCUT2D eigenvalue weighted by molar-refractivity contribution is 5.11. The van der Waals surface area contributed by atoms with Crippen LogP contribution in [0.5, 0.6) is 0 Å². The summed E-state index contributed by atoms with van der Waals surface area (Å²) in [7, 11) is 0. The second-order valence-corrected chi connectivity index (χ2v) is 2.27. The molecule has 0 aliphatic carbocycles. The molecule has 0 saturated heterocycles. The zero-order valence-electron chi connectivity index (χ0n) is 6.06. The van der Waals surface area contributed by atoms with Gasteiger partial charge in [0.25, 0.3) is 0 Å². The van der Waals surface area contributed by atoms with Crippen LogP contribution < -0.4 is 5.73 Å². The average Bonchev–Trinajstić information content (AvgIpc) is 1.89. The molecule has 0 aromatic carbocycles. The van der Waals surface area contributed by atoms with Crippen molar-refractivity contribution in [2.24, 2.45) is 5.73 Å². The largest absolute Gasteiger partial charge is 0.319 e. The highest BCUT2D eigenvalue weighted by Gasteiger charge is 2.12. The Morgan fingerprint density at radius 1 is 1.44 bits per heavy atom. The Kier molecular flexibility index (Phi) is 3.25. The van der Waals surface area contributed by atoms with Gasteiger partial charge in [0.1, 0.15) is 0 Å². The summed E-state index contributed by atoms with van der Waals surface area (Å²) in [4.78, 5) is 0. The van der Waals surface area contributed by atoms with Crippen LogP contribution in [0.25, 0.3) is 0 Å². The van der Waals surface area contributed by atoms with Crippen LogP contribution in [0.4, 0.5) is 0 Å². The van der Waals surface area contributed by atoms with E-state index in [0.29, 0.717) is 0 Å². The van der Waals surface area contributed by atoms with Crippen molar-refractivity contribution in [2.75, 3.05) is 0 Å². The fourth-order valence-corrected chi connectivity index (χ4v) is 0.720. The van der Waals surface area contributed by atoms with Gasteiger partial charge in [0.2, 0.25) is 0 Å². The van der Waals surface area contributed by atoms with Gasteiger partial charge in [-0.1, -0.05) is 25.5 Å². The minimum atomic E-state index is -0.339. The van der Waals surface area contributed by atoms with Crippen LogP contribution in [0.1, 0.15) is 19.8 Å². The molecule has 2 N–H and O–H groups in total. The quantitative estimate of drug-likeness (QED) is 0.570. The van der Waals surface area contributed by atoms with Gasteiger partial charge in [0.15, 0.2) is 0 Å². The van der Waals surface area contributed by atoms with Gasteiger partial charge >= 0.3 is 0 Å². The Morgan fingerprint density at radius 3 is 2.00 bits per heavy atom. The topological polar surface area (TPSA) is 26.0 Å². The molecule has 0 bridgehead atoms. The molecule has 0 atom stereocenters. The van der Waals surface area contributed by atoms with Gasteiger partial charge in [0, 0.05) is 0 Å². The first-order chi connectivity index (χ1) is 4.18. The Morgan fingerprint density at radius 2 is 1.89 bits per heavy atom. The van der Waals surface area contributed by atoms with Gasteiger partial charge in [-0.25, -0.2) is 0 Å². The standard InChI is InChI=1S/C8H15N/c1-4-7-8(9,5-2)6-3/h5-6H,2-4,7,9H2,1H3. The van der Waals surface area contributed by atoms with E-state index in [2.05, 4.69) is 20.1 Å². The normalized spacial score (nSPS) is 10.9. The van der Waals surface area contributed by atoms with Crippen molar-refractivity contribution >= 4 is 0 Å². The van der Waals surface area contributed by atoms with E-state index in [0.717, 1.165) is 12.8 Å². The SMILES string of the molecule is C=CC(N)(C=C)CCC. The van der Waals surface area contributed by atoms with Crippen molar-refractivity contribution in [3.8, 4) is 0 Å². The van der Waals surface area contributed by atoms with E-state index in [1.54, 1.807) is 12.2 Å². The molecule has 0 aliphatic heterocycles. The lowest BCUT2D eigenvalue weighted by Gasteiger charge is -2.19. The molecule has 0 aromatic heterocycles. The summed E-state index contributed by atoms with van der Waals surface area (Å²) in [5.41, 5.74) is 5.43. The van der Waals surface area contributed by atoms with Crippen LogP contribution in [0, 0.1) is 0 Å². The average molecular weight is 125 g/mol. The van der Waals surface area contributed by atoms with Crippen LogP contribution in [0.2, 0.25) is 0 Å². The maximum atomic E-state index is 5.77. The Hall–Kier alpha value is -0.560. The summed E-state index contributed by atoms with van der Waals surface area (Å²) in [5.74, 6) is 0. The van der Waals surface area contributed by atoms with E-state index in [4.69, 9.17) is 5.73 Å². The van der Waals surface area contributed by atoms with Crippen LogP contribution >= 0.6 is 0 Å². The maximum Gasteiger partial charge on any atom is 0.0519 e. The lowest BCUT2D eigenvalue weighted by atomic mass is 9.96. The van der Waals surface area contributed by atoms with Crippen molar-refractivity contribution in [1.82, 2.24) is 0 Å². The van der Waals surface area contributed by atoms with Crippen LogP contribution in [-0.2, 0) is 0 Å². The van der Waals surface area contributed by atoms with Gasteiger partial charge in [-0.15, -0.1) is 13.2 Å². The van der Waals surface area contributed by atoms with E-state index in [-0.39, 0.29) is 5.54 Å². The summed E-state index contributed by atoms with van der Waals surface area (Å²) < 4.78 is 0. The molecule has 1 nitrogen and oxygen atoms in total. The van der Waals surface area contributed by atoms with Gasteiger partial charge in [0.05, 0.1) is 5.54 Å². The Balaban J connectivity index is 3.91.